The molecule has 0 saturated carbocycles. The maximum absolute atomic E-state index is 12.3. The highest BCUT2D eigenvalue weighted by Crippen LogP contribution is 2.34. The topological polar surface area (TPSA) is 113 Å². The molecule has 0 radical (unpaired) electrons. The molecule has 10 heteroatoms. The van der Waals surface area contributed by atoms with E-state index in [4.69, 9.17) is 0 Å². The molecule has 1 amide bonds. The number of hydrogen-bond donors (Lipinski definition) is 1. The summed E-state index contributed by atoms with van der Waals surface area (Å²) in [4.78, 5) is 25.7. The monoisotopic (exact) mass is 356 g/mol. The molecule has 1 aromatic carbocycles. The minimum Gasteiger partial charge on any atom is -0.360 e. The normalized spacial score (nSPS) is 15.2. The maximum Gasteiger partial charge on any atom is 0.311 e. The van der Waals surface area contributed by atoms with Crippen LogP contribution in [0.3, 0.4) is 0 Å². The van der Waals surface area contributed by atoms with E-state index in [0.29, 0.717) is 26.2 Å². The van der Waals surface area contributed by atoms with Gasteiger partial charge in [0.15, 0.2) is 9.84 Å². The average molecular weight is 356 g/mol. The van der Waals surface area contributed by atoms with E-state index in [1.54, 1.807) is 4.90 Å². The molecule has 132 valence electrons. The van der Waals surface area contributed by atoms with E-state index in [9.17, 15) is 23.3 Å². The standard InChI is InChI=1S/C14H20N4O5S/c1-16(10-13(19)17-8-6-15-7-9-17)11-4-3-5-12(24(2,22)23)14(11)18(20)21/h3-5,15H,6-10H2,1-2H3. The van der Waals surface area contributed by atoms with Crippen molar-refractivity contribution in [3.8, 4) is 0 Å². The Hall–Kier alpha value is -2.20. The van der Waals surface area contributed by atoms with Crippen LogP contribution in [0.2, 0.25) is 0 Å². The van der Waals surface area contributed by atoms with E-state index >= 15 is 0 Å². The molecule has 0 atom stereocenters. The highest BCUT2D eigenvalue weighted by Gasteiger charge is 2.29. The van der Waals surface area contributed by atoms with Crippen molar-refractivity contribution < 1.29 is 18.1 Å². The number of likely N-dealkylation sites (N-methyl/N-ethyl adjacent to an activating group) is 1. The van der Waals surface area contributed by atoms with Crippen molar-refractivity contribution in [1.82, 2.24) is 10.2 Å². The predicted molar refractivity (Wildman–Crippen MR) is 88.9 cm³/mol. The first-order valence-corrected chi connectivity index (χ1v) is 9.28. The van der Waals surface area contributed by atoms with Crippen molar-refractivity contribution in [2.24, 2.45) is 0 Å². The van der Waals surface area contributed by atoms with Crippen LogP contribution >= 0.6 is 0 Å². The molecule has 9 nitrogen and oxygen atoms in total. The second-order valence-electron chi connectivity index (χ2n) is 5.64. The van der Waals surface area contributed by atoms with Crippen LogP contribution in [-0.2, 0) is 14.6 Å². The molecule has 1 saturated heterocycles. The lowest BCUT2D eigenvalue weighted by atomic mass is 10.2. The van der Waals surface area contributed by atoms with E-state index in [-0.39, 0.29) is 23.0 Å². The van der Waals surface area contributed by atoms with Gasteiger partial charge >= 0.3 is 5.69 Å². The summed E-state index contributed by atoms with van der Waals surface area (Å²) in [6.07, 6.45) is 0.922. The van der Waals surface area contributed by atoms with E-state index in [1.165, 1.54) is 30.1 Å². The molecule has 0 unspecified atom stereocenters. The number of sulfone groups is 1. The summed E-state index contributed by atoms with van der Waals surface area (Å²) in [5, 5.41) is 14.5. The van der Waals surface area contributed by atoms with Gasteiger partial charge in [0.25, 0.3) is 0 Å². The highest BCUT2D eigenvalue weighted by atomic mass is 32.2. The molecule has 0 spiro atoms. The number of nitro benzene ring substituents is 1. The zero-order chi connectivity index (χ0) is 17.9. The zero-order valence-corrected chi connectivity index (χ0v) is 14.4. The number of anilines is 1. The number of para-hydroxylation sites is 1. The van der Waals surface area contributed by atoms with Gasteiger partial charge in [0, 0.05) is 39.5 Å². The fourth-order valence-electron chi connectivity index (χ4n) is 2.60. The van der Waals surface area contributed by atoms with Crippen LogP contribution in [0.4, 0.5) is 11.4 Å². The highest BCUT2D eigenvalue weighted by molar-refractivity contribution is 7.90. The quantitative estimate of drug-likeness (QED) is 0.577. The molecule has 0 aromatic heterocycles. The number of nitrogens with zero attached hydrogens (tertiary/aromatic N) is 3. The summed E-state index contributed by atoms with van der Waals surface area (Å²) in [7, 11) is -2.22. The minimum absolute atomic E-state index is 0.0615. The molecule has 1 N–H and O–H groups in total. The maximum atomic E-state index is 12.3. The van der Waals surface area contributed by atoms with Gasteiger partial charge < -0.3 is 15.1 Å². The molecular weight excluding hydrogens is 336 g/mol. The minimum atomic E-state index is -3.76. The molecule has 1 heterocycles. The number of carbonyl (C=O) groups excluding carboxylic acids is 1. The van der Waals surface area contributed by atoms with Crippen molar-refractivity contribution in [2.75, 3.05) is 50.9 Å². The number of carbonyl (C=O) groups is 1. The van der Waals surface area contributed by atoms with Gasteiger partial charge in [0.05, 0.1) is 11.5 Å². The smallest absolute Gasteiger partial charge is 0.311 e. The summed E-state index contributed by atoms with van der Waals surface area (Å²) in [5.74, 6) is -0.155. The average Bonchev–Trinajstić information content (AvgIpc) is 2.53. The van der Waals surface area contributed by atoms with Gasteiger partial charge in [-0.3, -0.25) is 14.9 Å². The third-order valence-corrected chi connectivity index (χ3v) is 4.94. The Morgan fingerprint density at radius 3 is 2.54 bits per heavy atom. The first-order chi connectivity index (χ1) is 11.2. The van der Waals surface area contributed by atoms with E-state index < -0.39 is 20.4 Å². The van der Waals surface area contributed by atoms with Crippen molar-refractivity contribution in [2.45, 2.75) is 4.90 Å². The van der Waals surface area contributed by atoms with Gasteiger partial charge in [-0.05, 0) is 12.1 Å². The summed E-state index contributed by atoms with van der Waals surface area (Å²) in [6, 6.07) is 4.07. The third-order valence-electron chi connectivity index (χ3n) is 3.81. The third kappa shape index (κ3) is 4.01. The fourth-order valence-corrected chi connectivity index (χ4v) is 3.46. The predicted octanol–water partition coefficient (Wildman–Crippen LogP) is -0.134. The lowest BCUT2D eigenvalue weighted by molar-refractivity contribution is -0.387. The van der Waals surface area contributed by atoms with Crippen LogP contribution in [0.5, 0.6) is 0 Å². The van der Waals surface area contributed by atoms with Gasteiger partial charge in [0.2, 0.25) is 5.91 Å². The summed E-state index contributed by atoms with van der Waals surface area (Å²) in [6.45, 7) is 2.52. The van der Waals surface area contributed by atoms with Gasteiger partial charge in [-0.2, -0.15) is 0 Å². The molecule has 1 aliphatic rings. The van der Waals surface area contributed by atoms with Crippen molar-refractivity contribution in [1.29, 1.82) is 0 Å². The molecule has 24 heavy (non-hydrogen) atoms. The lowest BCUT2D eigenvalue weighted by Gasteiger charge is -2.29. The second-order valence-corrected chi connectivity index (χ2v) is 7.62. The van der Waals surface area contributed by atoms with Crippen molar-refractivity contribution in [3.63, 3.8) is 0 Å². The summed E-state index contributed by atoms with van der Waals surface area (Å²) >= 11 is 0. The first-order valence-electron chi connectivity index (χ1n) is 7.39. The Balaban J connectivity index is 2.30. The van der Waals surface area contributed by atoms with Crippen LogP contribution < -0.4 is 10.2 Å². The number of amides is 1. The Labute approximate surface area is 140 Å². The van der Waals surface area contributed by atoms with Gasteiger partial charge in [-0.1, -0.05) is 6.07 Å². The van der Waals surface area contributed by atoms with Crippen molar-refractivity contribution in [3.05, 3.63) is 28.3 Å². The Morgan fingerprint density at radius 2 is 2.00 bits per heavy atom. The van der Waals surface area contributed by atoms with Gasteiger partial charge in [-0.15, -0.1) is 0 Å². The Bertz CT molecular complexity index is 744. The second kappa shape index (κ2) is 7.14. The molecule has 2 rings (SSSR count). The molecule has 1 aliphatic heterocycles. The van der Waals surface area contributed by atoms with Crippen LogP contribution in [0.25, 0.3) is 0 Å². The van der Waals surface area contributed by atoms with Gasteiger partial charge in [0.1, 0.15) is 10.6 Å². The van der Waals surface area contributed by atoms with Gasteiger partial charge in [-0.25, -0.2) is 8.42 Å². The molecule has 0 aliphatic carbocycles. The lowest BCUT2D eigenvalue weighted by Crippen LogP contribution is -2.49. The SMILES string of the molecule is CN(CC(=O)N1CCNCC1)c1cccc(S(C)(=O)=O)c1[N+](=O)[O-]. The van der Waals surface area contributed by atoms with E-state index in [1.807, 2.05) is 0 Å². The number of piperazine rings is 1. The number of nitrogens with one attached hydrogen (secondary N) is 1. The molecule has 0 bridgehead atoms. The van der Waals surface area contributed by atoms with E-state index in [2.05, 4.69) is 5.32 Å². The van der Waals surface area contributed by atoms with Crippen molar-refractivity contribution >= 4 is 27.1 Å². The number of benzene rings is 1. The van der Waals surface area contributed by atoms with Crippen LogP contribution in [0.15, 0.2) is 23.1 Å². The van der Waals surface area contributed by atoms with E-state index in [0.717, 1.165) is 6.26 Å². The summed E-state index contributed by atoms with van der Waals surface area (Å²) in [5.41, 5.74) is -0.401. The number of nitro groups is 1. The summed E-state index contributed by atoms with van der Waals surface area (Å²) < 4.78 is 23.6. The molecule has 1 fully saturated rings. The zero-order valence-electron chi connectivity index (χ0n) is 13.6. The molecule has 1 aromatic rings. The van der Waals surface area contributed by atoms with Crippen LogP contribution in [-0.4, -0.2) is 70.2 Å². The van der Waals surface area contributed by atoms with Crippen LogP contribution in [0, 0.1) is 10.1 Å². The number of rotatable bonds is 5. The fraction of sp³-hybridized carbons (Fsp3) is 0.500. The Kier molecular flexibility index (Phi) is 5.40. The largest absolute Gasteiger partial charge is 0.360 e. The Morgan fingerprint density at radius 1 is 1.38 bits per heavy atom. The number of hydrogen-bond acceptors (Lipinski definition) is 7. The molecular formula is C14H20N4O5S. The first kappa shape index (κ1) is 18.1. The van der Waals surface area contributed by atoms with Crippen LogP contribution in [0.1, 0.15) is 0 Å².